The molecule has 0 heterocycles. The Bertz CT molecular complexity index is 512. The van der Waals surface area contributed by atoms with E-state index in [9.17, 15) is 9.59 Å². The van der Waals surface area contributed by atoms with Crippen molar-refractivity contribution in [3.8, 4) is 0 Å². The molecule has 1 saturated carbocycles. The highest BCUT2D eigenvalue weighted by atomic mass is 16.6. The standard InChI is InChI=1S/C17H23NO4/c1-3-21-16(19)13-7-9-14(10-8-13)18-17(20)22-15-6-4-5-12(2)11-15/h7-10,12,15H,3-6,11H2,1-2H3,(H,18,20)/t12-,15-/m0/s1. The van der Waals surface area contributed by atoms with E-state index < -0.39 is 6.09 Å². The van der Waals surface area contributed by atoms with Gasteiger partial charge in [0, 0.05) is 5.69 Å². The summed E-state index contributed by atoms with van der Waals surface area (Å²) >= 11 is 0. The van der Waals surface area contributed by atoms with Gasteiger partial charge in [-0.25, -0.2) is 9.59 Å². The van der Waals surface area contributed by atoms with Crippen LogP contribution in [0, 0.1) is 5.92 Å². The van der Waals surface area contributed by atoms with Crippen molar-refractivity contribution in [3.05, 3.63) is 29.8 Å². The van der Waals surface area contributed by atoms with Gasteiger partial charge in [0.1, 0.15) is 6.10 Å². The molecule has 5 heteroatoms. The van der Waals surface area contributed by atoms with E-state index in [1.54, 1.807) is 31.2 Å². The summed E-state index contributed by atoms with van der Waals surface area (Å²) in [4.78, 5) is 23.4. The zero-order valence-corrected chi connectivity index (χ0v) is 13.1. The average Bonchev–Trinajstić information content (AvgIpc) is 2.48. The summed E-state index contributed by atoms with van der Waals surface area (Å²) in [5.41, 5.74) is 1.06. The highest BCUT2D eigenvalue weighted by molar-refractivity contribution is 5.91. The molecule has 1 aromatic carbocycles. The molecule has 0 bridgehead atoms. The summed E-state index contributed by atoms with van der Waals surface area (Å²) in [5, 5.41) is 2.69. The Morgan fingerprint density at radius 1 is 1.23 bits per heavy atom. The van der Waals surface area contributed by atoms with Gasteiger partial charge in [0.25, 0.3) is 0 Å². The minimum atomic E-state index is -0.442. The minimum absolute atomic E-state index is 0.00237. The quantitative estimate of drug-likeness (QED) is 0.854. The lowest BCUT2D eigenvalue weighted by molar-refractivity contribution is 0.0526. The lowest BCUT2D eigenvalue weighted by Crippen LogP contribution is -2.27. The molecule has 0 spiro atoms. The molecule has 120 valence electrons. The molecule has 1 fully saturated rings. The first-order chi connectivity index (χ1) is 10.6. The highest BCUT2D eigenvalue weighted by Crippen LogP contribution is 2.26. The molecular formula is C17H23NO4. The fraction of sp³-hybridized carbons (Fsp3) is 0.529. The van der Waals surface area contributed by atoms with Crippen molar-refractivity contribution >= 4 is 17.7 Å². The number of amides is 1. The number of hydrogen-bond acceptors (Lipinski definition) is 4. The number of esters is 1. The van der Waals surface area contributed by atoms with Gasteiger partial charge in [-0.2, -0.15) is 0 Å². The Balaban J connectivity index is 1.85. The van der Waals surface area contributed by atoms with Gasteiger partial charge in [0.05, 0.1) is 12.2 Å². The molecule has 1 amide bonds. The van der Waals surface area contributed by atoms with E-state index >= 15 is 0 Å². The predicted molar refractivity (Wildman–Crippen MR) is 83.9 cm³/mol. The third-order valence-electron chi connectivity index (χ3n) is 3.80. The van der Waals surface area contributed by atoms with Gasteiger partial charge in [-0.1, -0.05) is 13.3 Å². The fourth-order valence-corrected chi connectivity index (χ4v) is 2.69. The molecule has 22 heavy (non-hydrogen) atoms. The maximum atomic E-state index is 11.9. The van der Waals surface area contributed by atoms with Crippen molar-refractivity contribution < 1.29 is 19.1 Å². The second-order valence-corrected chi connectivity index (χ2v) is 5.72. The van der Waals surface area contributed by atoms with Gasteiger partial charge in [0.2, 0.25) is 0 Å². The number of anilines is 1. The molecule has 2 rings (SSSR count). The first kappa shape index (κ1) is 16.3. The summed E-state index contributed by atoms with van der Waals surface area (Å²) in [7, 11) is 0. The van der Waals surface area contributed by atoms with Gasteiger partial charge < -0.3 is 9.47 Å². The van der Waals surface area contributed by atoms with Crippen LogP contribution in [0.4, 0.5) is 10.5 Å². The molecule has 1 aromatic rings. The van der Waals surface area contributed by atoms with Gasteiger partial charge in [0.15, 0.2) is 0 Å². The Labute approximate surface area is 131 Å². The van der Waals surface area contributed by atoms with Crippen molar-refractivity contribution in [2.45, 2.75) is 45.6 Å². The smallest absolute Gasteiger partial charge is 0.411 e. The van der Waals surface area contributed by atoms with E-state index in [0.717, 1.165) is 19.3 Å². The lowest BCUT2D eigenvalue weighted by atomic mass is 9.89. The summed E-state index contributed by atoms with van der Waals surface area (Å²) in [6.45, 7) is 4.28. The number of nitrogens with one attached hydrogen (secondary N) is 1. The molecule has 0 aromatic heterocycles. The Hall–Kier alpha value is -2.04. The minimum Gasteiger partial charge on any atom is -0.462 e. The molecule has 1 aliphatic rings. The lowest BCUT2D eigenvalue weighted by Gasteiger charge is -2.26. The molecule has 1 N–H and O–H groups in total. The maximum Gasteiger partial charge on any atom is 0.411 e. The molecule has 0 saturated heterocycles. The topological polar surface area (TPSA) is 64.6 Å². The Morgan fingerprint density at radius 3 is 2.59 bits per heavy atom. The van der Waals surface area contributed by atoms with Crippen LogP contribution in [-0.4, -0.2) is 24.8 Å². The molecule has 0 unspecified atom stereocenters. The van der Waals surface area contributed by atoms with Crippen LogP contribution in [0.15, 0.2) is 24.3 Å². The van der Waals surface area contributed by atoms with Gasteiger partial charge >= 0.3 is 12.1 Å². The SMILES string of the molecule is CCOC(=O)c1ccc(NC(=O)O[C@H]2CCC[C@H](C)C2)cc1. The van der Waals surface area contributed by atoms with Gasteiger partial charge in [-0.05, 0) is 56.4 Å². The number of rotatable bonds is 4. The Morgan fingerprint density at radius 2 is 1.95 bits per heavy atom. The molecule has 5 nitrogen and oxygen atoms in total. The number of carbonyl (C=O) groups is 2. The van der Waals surface area contributed by atoms with Crippen molar-refractivity contribution in [2.24, 2.45) is 5.92 Å². The summed E-state index contributed by atoms with van der Waals surface area (Å²) in [6, 6.07) is 6.57. The molecule has 1 aliphatic carbocycles. The summed E-state index contributed by atoms with van der Waals surface area (Å²) in [5.74, 6) is 0.239. The first-order valence-electron chi connectivity index (χ1n) is 7.83. The second kappa shape index (κ2) is 7.82. The zero-order chi connectivity index (χ0) is 15.9. The normalized spacial score (nSPS) is 21.0. The number of benzene rings is 1. The van der Waals surface area contributed by atoms with Gasteiger partial charge in [-0.15, -0.1) is 0 Å². The number of carbonyl (C=O) groups excluding carboxylic acids is 2. The van der Waals surface area contributed by atoms with E-state index in [0.29, 0.717) is 23.8 Å². The van der Waals surface area contributed by atoms with E-state index in [1.165, 1.54) is 6.42 Å². The van der Waals surface area contributed by atoms with E-state index in [4.69, 9.17) is 9.47 Å². The number of hydrogen-bond donors (Lipinski definition) is 1. The van der Waals surface area contributed by atoms with E-state index in [-0.39, 0.29) is 12.1 Å². The van der Waals surface area contributed by atoms with E-state index in [2.05, 4.69) is 12.2 Å². The summed E-state index contributed by atoms with van der Waals surface area (Å²) in [6.07, 6.45) is 3.73. The van der Waals surface area contributed by atoms with Crippen molar-refractivity contribution in [1.82, 2.24) is 0 Å². The molecule has 0 aliphatic heterocycles. The largest absolute Gasteiger partial charge is 0.462 e. The summed E-state index contributed by atoms with van der Waals surface area (Å²) < 4.78 is 10.3. The van der Waals surface area contributed by atoms with Gasteiger partial charge in [-0.3, -0.25) is 5.32 Å². The predicted octanol–water partition coefficient (Wildman–Crippen LogP) is 3.99. The van der Waals surface area contributed by atoms with Crippen molar-refractivity contribution in [2.75, 3.05) is 11.9 Å². The zero-order valence-electron chi connectivity index (χ0n) is 13.1. The average molecular weight is 305 g/mol. The number of ether oxygens (including phenoxy) is 2. The second-order valence-electron chi connectivity index (χ2n) is 5.72. The maximum absolute atomic E-state index is 11.9. The van der Waals surface area contributed by atoms with Crippen molar-refractivity contribution in [1.29, 1.82) is 0 Å². The molecule has 2 atom stereocenters. The van der Waals surface area contributed by atoms with Crippen molar-refractivity contribution in [3.63, 3.8) is 0 Å². The first-order valence-corrected chi connectivity index (χ1v) is 7.83. The third kappa shape index (κ3) is 4.76. The van der Waals surface area contributed by atoms with E-state index in [1.807, 2.05) is 0 Å². The monoisotopic (exact) mass is 305 g/mol. The van der Waals surface area contributed by atoms with Crippen LogP contribution in [0.1, 0.15) is 49.9 Å². The van der Waals surface area contributed by atoms with Crippen LogP contribution in [0.2, 0.25) is 0 Å². The van der Waals surface area contributed by atoms with Crippen LogP contribution in [0.3, 0.4) is 0 Å². The fourth-order valence-electron chi connectivity index (χ4n) is 2.69. The van der Waals surface area contributed by atoms with Crippen LogP contribution in [-0.2, 0) is 9.47 Å². The Kier molecular flexibility index (Phi) is 5.81. The van der Waals surface area contributed by atoms with Crippen LogP contribution in [0.25, 0.3) is 0 Å². The van der Waals surface area contributed by atoms with Crippen LogP contribution < -0.4 is 5.32 Å². The van der Waals surface area contributed by atoms with Crippen LogP contribution >= 0.6 is 0 Å². The highest BCUT2D eigenvalue weighted by Gasteiger charge is 2.22. The van der Waals surface area contributed by atoms with Crippen LogP contribution in [0.5, 0.6) is 0 Å². The molecule has 0 radical (unpaired) electrons. The molecular weight excluding hydrogens is 282 g/mol. The third-order valence-corrected chi connectivity index (χ3v) is 3.80.